The van der Waals surface area contributed by atoms with Crippen LogP contribution in [0.4, 0.5) is 0 Å². The number of benzene rings is 2. The Labute approximate surface area is 125 Å². The van der Waals surface area contributed by atoms with Crippen molar-refractivity contribution in [3.63, 3.8) is 0 Å². The third-order valence-corrected chi connectivity index (χ3v) is 3.86. The SMILES string of the molecule is O[C@@H](COc1ccccc1)CN1CCc2ccccc2C1. The summed E-state index contributed by atoms with van der Waals surface area (Å²) >= 11 is 0. The first kappa shape index (κ1) is 14.1. The number of nitrogens with zero attached hydrogens (tertiary/aromatic N) is 1. The van der Waals surface area contributed by atoms with Crippen molar-refractivity contribution in [2.24, 2.45) is 0 Å². The Morgan fingerprint density at radius 2 is 1.71 bits per heavy atom. The van der Waals surface area contributed by atoms with Crippen LogP contribution >= 0.6 is 0 Å². The molecule has 3 heteroatoms. The van der Waals surface area contributed by atoms with Gasteiger partial charge in [0.15, 0.2) is 0 Å². The summed E-state index contributed by atoms with van der Waals surface area (Å²) in [4.78, 5) is 2.29. The van der Waals surface area contributed by atoms with Crippen molar-refractivity contribution in [3.05, 3.63) is 65.7 Å². The molecular formula is C18H21NO2. The van der Waals surface area contributed by atoms with Gasteiger partial charge >= 0.3 is 0 Å². The molecule has 1 aliphatic heterocycles. The van der Waals surface area contributed by atoms with E-state index < -0.39 is 6.10 Å². The maximum atomic E-state index is 10.1. The number of ether oxygens (including phenoxy) is 1. The molecule has 1 heterocycles. The highest BCUT2D eigenvalue weighted by molar-refractivity contribution is 5.29. The lowest BCUT2D eigenvalue weighted by molar-refractivity contribution is 0.0638. The normalized spacial score (nSPS) is 16.2. The fourth-order valence-corrected chi connectivity index (χ4v) is 2.77. The summed E-state index contributed by atoms with van der Waals surface area (Å²) < 4.78 is 5.60. The number of β-amino-alcohol motifs (C(OH)–C–C–N with tert-alkyl or cyclic N) is 1. The average Bonchev–Trinajstić information content (AvgIpc) is 2.54. The molecule has 3 rings (SSSR count). The molecular weight excluding hydrogens is 262 g/mol. The molecule has 3 nitrogen and oxygen atoms in total. The molecule has 110 valence electrons. The van der Waals surface area contributed by atoms with Crippen molar-refractivity contribution >= 4 is 0 Å². The lowest BCUT2D eigenvalue weighted by atomic mass is 10.00. The van der Waals surface area contributed by atoms with E-state index in [1.807, 2.05) is 30.3 Å². The maximum Gasteiger partial charge on any atom is 0.119 e. The zero-order valence-electron chi connectivity index (χ0n) is 12.1. The van der Waals surface area contributed by atoms with Gasteiger partial charge in [0, 0.05) is 19.6 Å². The molecule has 0 bridgehead atoms. The summed E-state index contributed by atoms with van der Waals surface area (Å²) in [5.41, 5.74) is 2.81. The van der Waals surface area contributed by atoms with Crippen LogP contribution in [0.3, 0.4) is 0 Å². The summed E-state index contributed by atoms with van der Waals surface area (Å²) in [6, 6.07) is 18.2. The first-order valence-corrected chi connectivity index (χ1v) is 7.46. The van der Waals surface area contributed by atoms with E-state index in [4.69, 9.17) is 4.74 Å². The van der Waals surface area contributed by atoms with Crippen molar-refractivity contribution in [2.45, 2.75) is 19.1 Å². The number of hydrogen-bond donors (Lipinski definition) is 1. The average molecular weight is 283 g/mol. The standard InChI is InChI=1S/C18H21NO2/c20-17(14-21-18-8-2-1-3-9-18)13-19-11-10-15-6-4-5-7-16(15)12-19/h1-9,17,20H,10-14H2/t17-/m1/s1. The summed E-state index contributed by atoms with van der Waals surface area (Å²) in [5, 5.41) is 10.1. The Bertz CT molecular complexity index is 570. The minimum atomic E-state index is -0.463. The van der Waals surface area contributed by atoms with Crippen LogP contribution in [0.2, 0.25) is 0 Å². The molecule has 1 N–H and O–H groups in total. The maximum absolute atomic E-state index is 10.1. The van der Waals surface area contributed by atoms with E-state index >= 15 is 0 Å². The molecule has 1 atom stereocenters. The molecule has 0 aromatic heterocycles. The highest BCUT2D eigenvalue weighted by atomic mass is 16.5. The molecule has 2 aromatic carbocycles. The van der Waals surface area contributed by atoms with E-state index in [-0.39, 0.29) is 0 Å². The van der Waals surface area contributed by atoms with Crippen molar-refractivity contribution in [3.8, 4) is 5.75 Å². The van der Waals surface area contributed by atoms with Gasteiger partial charge in [0.1, 0.15) is 18.5 Å². The van der Waals surface area contributed by atoms with Gasteiger partial charge in [-0.15, -0.1) is 0 Å². The topological polar surface area (TPSA) is 32.7 Å². The molecule has 0 saturated carbocycles. The van der Waals surface area contributed by atoms with Gasteiger partial charge in [-0.3, -0.25) is 4.90 Å². The zero-order chi connectivity index (χ0) is 14.5. The van der Waals surface area contributed by atoms with Crippen molar-refractivity contribution in [1.82, 2.24) is 4.90 Å². The van der Waals surface area contributed by atoms with Crippen LogP contribution in [-0.2, 0) is 13.0 Å². The molecule has 0 amide bonds. The lowest BCUT2D eigenvalue weighted by Gasteiger charge is -2.30. The smallest absolute Gasteiger partial charge is 0.119 e. The second-order valence-corrected chi connectivity index (χ2v) is 5.53. The summed E-state index contributed by atoms with van der Waals surface area (Å²) in [5.74, 6) is 0.806. The first-order valence-electron chi connectivity index (χ1n) is 7.46. The van der Waals surface area contributed by atoms with Gasteiger partial charge in [-0.05, 0) is 29.7 Å². The van der Waals surface area contributed by atoms with Crippen LogP contribution in [0.25, 0.3) is 0 Å². The molecule has 0 spiro atoms. The first-order chi connectivity index (χ1) is 10.3. The molecule has 0 radical (unpaired) electrons. The third kappa shape index (κ3) is 3.84. The van der Waals surface area contributed by atoms with E-state index in [1.165, 1.54) is 11.1 Å². The highest BCUT2D eigenvalue weighted by Crippen LogP contribution is 2.18. The van der Waals surface area contributed by atoms with Crippen LogP contribution in [0.1, 0.15) is 11.1 Å². The molecule has 0 aliphatic carbocycles. The monoisotopic (exact) mass is 283 g/mol. The third-order valence-electron chi connectivity index (χ3n) is 3.86. The van der Waals surface area contributed by atoms with E-state index in [9.17, 15) is 5.11 Å². The van der Waals surface area contributed by atoms with Gasteiger partial charge in [-0.25, -0.2) is 0 Å². The van der Waals surface area contributed by atoms with E-state index in [0.29, 0.717) is 13.2 Å². The highest BCUT2D eigenvalue weighted by Gasteiger charge is 2.18. The van der Waals surface area contributed by atoms with Gasteiger partial charge < -0.3 is 9.84 Å². The Morgan fingerprint density at radius 1 is 1.00 bits per heavy atom. The summed E-state index contributed by atoms with van der Waals surface area (Å²) in [7, 11) is 0. The molecule has 0 unspecified atom stereocenters. The Hall–Kier alpha value is -1.84. The number of rotatable bonds is 5. The quantitative estimate of drug-likeness (QED) is 0.915. The molecule has 0 fully saturated rings. The minimum absolute atomic E-state index is 0.335. The van der Waals surface area contributed by atoms with E-state index in [1.54, 1.807) is 0 Å². The predicted molar refractivity (Wildman–Crippen MR) is 83.4 cm³/mol. The van der Waals surface area contributed by atoms with Crippen molar-refractivity contribution in [1.29, 1.82) is 0 Å². The largest absolute Gasteiger partial charge is 0.491 e. The second kappa shape index (κ2) is 6.74. The zero-order valence-corrected chi connectivity index (χ0v) is 12.1. The fourth-order valence-electron chi connectivity index (χ4n) is 2.77. The molecule has 2 aromatic rings. The van der Waals surface area contributed by atoms with Gasteiger partial charge in [0.2, 0.25) is 0 Å². The predicted octanol–water partition coefficient (Wildman–Crippen LogP) is 2.48. The van der Waals surface area contributed by atoms with E-state index in [0.717, 1.165) is 25.3 Å². The van der Waals surface area contributed by atoms with E-state index in [2.05, 4.69) is 29.2 Å². The van der Waals surface area contributed by atoms with Crippen LogP contribution < -0.4 is 4.74 Å². The number of para-hydroxylation sites is 1. The summed E-state index contributed by atoms with van der Waals surface area (Å²) in [6.45, 7) is 2.90. The Balaban J connectivity index is 1.49. The summed E-state index contributed by atoms with van der Waals surface area (Å²) in [6.07, 6.45) is 0.595. The van der Waals surface area contributed by atoms with Crippen LogP contribution in [0, 0.1) is 0 Å². The molecule has 0 saturated heterocycles. The van der Waals surface area contributed by atoms with Crippen molar-refractivity contribution in [2.75, 3.05) is 19.7 Å². The van der Waals surface area contributed by atoms with Crippen LogP contribution in [0.5, 0.6) is 5.75 Å². The number of aliphatic hydroxyl groups is 1. The molecule has 21 heavy (non-hydrogen) atoms. The Morgan fingerprint density at radius 3 is 2.52 bits per heavy atom. The van der Waals surface area contributed by atoms with Crippen LogP contribution in [0.15, 0.2) is 54.6 Å². The number of fused-ring (bicyclic) bond motifs is 1. The van der Waals surface area contributed by atoms with Gasteiger partial charge in [0.25, 0.3) is 0 Å². The number of hydrogen-bond acceptors (Lipinski definition) is 3. The van der Waals surface area contributed by atoms with Gasteiger partial charge in [-0.1, -0.05) is 42.5 Å². The Kier molecular flexibility index (Phi) is 4.53. The fraction of sp³-hybridized carbons (Fsp3) is 0.333. The van der Waals surface area contributed by atoms with Gasteiger partial charge in [-0.2, -0.15) is 0 Å². The van der Waals surface area contributed by atoms with Crippen LogP contribution in [-0.4, -0.2) is 35.8 Å². The number of aliphatic hydroxyl groups excluding tert-OH is 1. The second-order valence-electron chi connectivity index (χ2n) is 5.53. The molecule has 1 aliphatic rings. The lowest BCUT2D eigenvalue weighted by Crippen LogP contribution is -2.38. The van der Waals surface area contributed by atoms with Crippen molar-refractivity contribution < 1.29 is 9.84 Å². The van der Waals surface area contributed by atoms with Gasteiger partial charge in [0.05, 0.1) is 0 Å². The minimum Gasteiger partial charge on any atom is -0.491 e.